The number of nitrogens with two attached hydrogens (primary N) is 1. The van der Waals surface area contributed by atoms with Gasteiger partial charge in [-0.05, 0) is 42.7 Å². The van der Waals surface area contributed by atoms with Gasteiger partial charge in [-0.25, -0.2) is 14.6 Å². The zero-order chi connectivity index (χ0) is 24.4. The summed E-state index contributed by atoms with van der Waals surface area (Å²) in [4.78, 5) is 32.8. The van der Waals surface area contributed by atoms with Crippen LogP contribution >= 0.6 is 12.4 Å². The number of piperidine rings is 1. The second-order valence-corrected chi connectivity index (χ2v) is 8.82. The number of carbonyl (C=O) groups is 2. The molecule has 2 aromatic carbocycles. The van der Waals surface area contributed by atoms with E-state index in [9.17, 15) is 9.59 Å². The van der Waals surface area contributed by atoms with Gasteiger partial charge in [-0.3, -0.25) is 9.47 Å². The number of urea groups is 1. The van der Waals surface area contributed by atoms with Gasteiger partial charge in [0.25, 0.3) is 0 Å². The highest BCUT2D eigenvalue weighted by atomic mass is 35.5. The quantitative estimate of drug-likeness (QED) is 0.538. The number of hydrogen-bond acceptors (Lipinski definition) is 6. The minimum Gasteiger partial charge on any atom is -0.454 e. The second kappa shape index (κ2) is 10.9. The van der Waals surface area contributed by atoms with Crippen molar-refractivity contribution in [1.29, 1.82) is 0 Å². The van der Waals surface area contributed by atoms with Crippen LogP contribution in [-0.2, 0) is 6.54 Å². The Morgan fingerprint density at radius 2 is 1.92 bits per heavy atom. The number of nitrogens with one attached hydrogen (secondary N) is 1. The van der Waals surface area contributed by atoms with E-state index in [1.165, 1.54) is 16.5 Å². The van der Waals surface area contributed by atoms with E-state index >= 15 is 0 Å². The molecule has 0 spiro atoms. The Bertz CT molecular complexity index is 1240. The molecular weight excluding hydrogens is 484 g/mol. The molecule has 1 fully saturated rings. The van der Waals surface area contributed by atoms with Crippen molar-refractivity contribution in [2.45, 2.75) is 25.4 Å². The zero-order valence-corrected chi connectivity index (χ0v) is 20.7. The van der Waals surface area contributed by atoms with Gasteiger partial charge in [-0.1, -0.05) is 18.2 Å². The predicted molar refractivity (Wildman–Crippen MR) is 138 cm³/mol. The maximum absolute atomic E-state index is 13.1. The number of imidazole rings is 1. The molecular formula is C25H29ClN6O4. The van der Waals surface area contributed by atoms with Crippen molar-refractivity contribution in [3.63, 3.8) is 0 Å². The molecule has 3 amide bonds. The molecule has 36 heavy (non-hydrogen) atoms. The molecule has 10 nitrogen and oxygen atoms in total. The summed E-state index contributed by atoms with van der Waals surface area (Å²) in [6, 6.07) is 12.6. The highest BCUT2D eigenvalue weighted by Crippen LogP contribution is 2.33. The lowest BCUT2D eigenvalue weighted by Gasteiger charge is -2.36. The number of fused-ring (bicyclic) bond motifs is 1. The van der Waals surface area contributed by atoms with Gasteiger partial charge in [0.1, 0.15) is 6.33 Å². The minimum absolute atomic E-state index is 0. The Morgan fingerprint density at radius 1 is 1.14 bits per heavy atom. The lowest BCUT2D eigenvalue weighted by atomic mass is 10.0. The molecule has 0 saturated carbocycles. The molecule has 2 aliphatic rings. The van der Waals surface area contributed by atoms with Crippen LogP contribution in [0.4, 0.5) is 15.3 Å². The summed E-state index contributed by atoms with van der Waals surface area (Å²) in [6.07, 6.45) is 5.03. The monoisotopic (exact) mass is 512 g/mol. The smallest absolute Gasteiger partial charge is 0.329 e. The van der Waals surface area contributed by atoms with Crippen molar-refractivity contribution < 1.29 is 19.1 Å². The minimum atomic E-state index is -0.633. The standard InChI is InChI=1S/C25H28N6O4.ClH/c1-29(20-7-9-30(10-8-20)13-17-5-6-22-23(11-17)35-16-34-22)25(33)31-14-21(27-15-31)18-3-2-4-19(12-18)28-24(26)32;/h2-6,11-12,14-15,20H,7-10,13,16H2,1H3,(H3,26,28,32);1H. The summed E-state index contributed by atoms with van der Waals surface area (Å²) in [5.74, 6) is 1.60. The lowest BCUT2D eigenvalue weighted by Crippen LogP contribution is -2.46. The number of anilines is 1. The number of halogens is 1. The number of benzene rings is 2. The van der Waals surface area contributed by atoms with E-state index in [0.29, 0.717) is 11.4 Å². The Labute approximate surface area is 215 Å². The molecule has 0 bridgehead atoms. The van der Waals surface area contributed by atoms with Crippen LogP contribution in [0.2, 0.25) is 0 Å². The van der Waals surface area contributed by atoms with Crippen LogP contribution in [0.5, 0.6) is 11.5 Å². The fourth-order valence-electron chi connectivity index (χ4n) is 4.58. The van der Waals surface area contributed by atoms with Crippen LogP contribution in [-0.4, -0.2) is 64.4 Å². The molecule has 0 unspecified atom stereocenters. The highest BCUT2D eigenvalue weighted by molar-refractivity contribution is 5.88. The van der Waals surface area contributed by atoms with Crippen LogP contribution < -0.4 is 20.5 Å². The molecule has 2 aliphatic heterocycles. The molecule has 3 N–H and O–H groups in total. The number of ether oxygens (including phenoxy) is 2. The fourth-order valence-corrected chi connectivity index (χ4v) is 4.58. The molecule has 3 heterocycles. The van der Waals surface area contributed by atoms with E-state index in [1.54, 1.807) is 29.3 Å². The van der Waals surface area contributed by atoms with E-state index in [2.05, 4.69) is 21.3 Å². The van der Waals surface area contributed by atoms with E-state index in [4.69, 9.17) is 15.2 Å². The SMILES string of the molecule is CN(C(=O)n1cnc(-c2cccc(NC(N)=O)c2)c1)C1CCN(Cc2ccc3c(c2)OCO3)CC1.Cl. The summed E-state index contributed by atoms with van der Waals surface area (Å²) < 4.78 is 12.4. The average molecular weight is 513 g/mol. The van der Waals surface area contributed by atoms with Gasteiger partial charge in [0.2, 0.25) is 6.79 Å². The van der Waals surface area contributed by atoms with Gasteiger partial charge >= 0.3 is 12.1 Å². The van der Waals surface area contributed by atoms with Gasteiger partial charge in [-0.15, -0.1) is 12.4 Å². The van der Waals surface area contributed by atoms with E-state index in [1.807, 2.05) is 25.2 Å². The average Bonchev–Trinajstić information content (AvgIpc) is 3.53. The largest absolute Gasteiger partial charge is 0.454 e. The first-order valence-electron chi connectivity index (χ1n) is 11.6. The molecule has 1 aromatic heterocycles. The third-order valence-electron chi connectivity index (χ3n) is 6.48. The van der Waals surface area contributed by atoms with Crippen molar-refractivity contribution in [2.24, 2.45) is 5.73 Å². The van der Waals surface area contributed by atoms with Crippen molar-refractivity contribution >= 4 is 30.2 Å². The van der Waals surface area contributed by atoms with Gasteiger partial charge in [-0.2, -0.15) is 0 Å². The Hall–Kier alpha value is -3.76. The van der Waals surface area contributed by atoms with Crippen LogP contribution in [0.3, 0.4) is 0 Å². The molecule has 0 radical (unpaired) electrons. The van der Waals surface area contributed by atoms with E-state index in [0.717, 1.165) is 49.5 Å². The van der Waals surface area contributed by atoms with Crippen molar-refractivity contribution in [2.75, 3.05) is 32.2 Å². The normalized spacial score (nSPS) is 15.2. The van der Waals surface area contributed by atoms with Crippen LogP contribution in [0.15, 0.2) is 55.0 Å². The Balaban J connectivity index is 0.00000304. The second-order valence-electron chi connectivity index (χ2n) is 8.82. The van der Waals surface area contributed by atoms with E-state index in [-0.39, 0.29) is 31.3 Å². The van der Waals surface area contributed by atoms with Crippen LogP contribution in [0, 0.1) is 0 Å². The van der Waals surface area contributed by atoms with Crippen molar-refractivity contribution in [3.05, 3.63) is 60.6 Å². The number of hydrogen-bond donors (Lipinski definition) is 2. The summed E-state index contributed by atoms with van der Waals surface area (Å²) in [6.45, 7) is 2.94. The first kappa shape index (κ1) is 25.3. The van der Waals surface area contributed by atoms with Gasteiger partial charge in [0.05, 0.1) is 5.69 Å². The summed E-state index contributed by atoms with van der Waals surface area (Å²) in [5, 5.41) is 2.55. The number of primary amides is 1. The van der Waals surface area contributed by atoms with E-state index < -0.39 is 6.03 Å². The molecule has 5 rings (SSSR count). The number of amides is 3. The third-order valence-corrected chi connectivity index (χ3v) is 6.48. The number of likely N-dealkylation sites (tertiary alicyclic amines) is 1. The Morgan fingerprint density at radius 3 is 2.69 bits per heavy atom. The van der Waals surface area contributed by atoms with Crippen molar-refractivity contribution in [3.8, 4) is 22.8 Å². The topological polar surface area (TPSA) is 115 Å². The summed E-state index contributed by atoms with van der Waals surface area (Å²) in [5.41, 5.74) is 8.38. The maximum atomic E-state index is 13.1. The summed E-state index contributed by atoms with van der Waals surface area (Å²) >= 11 is 0. The summed E-state index contributed by atoms with van der Waals surface area (Å²) in [7, 11) is 1.84. The van der Waals surface area contributed by atoms with Gasteiger partial charge < -0.3 is 25.4 Å². The highest BCUT2D eigenvalue weighted by Gasteiger charge is 2.27. The first-order valence-corrected chi connectivity index (χ1v) is 11.6. The number of nitrogens with zero attached hydrogens (tertiary/aromatic N) is 4. The zero-order valence-electron chi connectivity index (χ0n) is 19.9. The predicted octanol–water partition coefficient (Wildman–Crippen LogP) is 3.76. The molecule has 0 atom stereocenters. The molecule has 0 aliphatic carbocycles. The molecule has 1 saturated heterocycles. The van der Waals surface area contributed by atoms with Gasteiger partial charge in [0.15, 0.2) is 11.5 Å². The van der Waals surface area contributed by atoms with Crippen molar-refractivity contribution in [1.82, 2.24) is 19.4 Å². The molecule has 11 heteroatoms. The lowest BCUT2D eigenvalue weighted by molar-refractivity contribution is 0.131. The number of rotatable bonds is 5. The fraction of sp³-hybridized carbons (Fsp3) is 0.320. The number of carbonyl (C=O) groups excluding carboxylic acids is 2. The van der Waals surface area contributed by atoms with Crippen LogP contribution in [0.25, 0.3) is 11.3 Å². The third kappa shape index (κ3) is 5.55. The van der Waals surface area contributed by atoms with Crippen LogP contribution in [0.1, 0.15) is 18.4 Å². The maximum Gasteiger partial charge on any atom is 0.329 e. The number of aromatic nitrogens is 2. The Kier molecular flexibility index (Phi) is 7.66. The molecule has 3 aromatic rings. The first-order chi connectivity index (χ1) is 17.0. The van der Waals surface area contributed by atoms with Gasteiger partial charge in [0, 0.05) is 50.2 Å². The molecule has 190 valence electrons.